The Bertz CT molecular complexity index is 1530. The number of alkyl halides is 3. The van der Waals surface area contributed by atoms with Gasteiger partial charge in [0.2, 0.25) is 5.91 Å². The number of halogens is 3. The molecule has 0 radical (unpaired) electrons. The SMILES string of the molecule is CNCC(=O)NCCOCCOc1cc(C2=NC3(CCN(S(=O)CCc4ccc(C(=O)O)cc4C)CC3)C(=O)N2)cc(C(F)(F)F)c1. The molecule has 1 unspecified atom stereocenters. The minimum atomic E-state index is -4.68. The monoisotopic (exact) mass is 681 g/mol. The molecule has 1 atom stereocenters. The van der Waals surface area contributed by atoms with Crippen molar-refractivity contribution in [3.8, 4) is 5.75 Å². The van der Waals surface area contributed by atoms with Crippen LogP contribution in [-0.2, 0) is 37.9 Å². The van der Waals surface area contributed by atoms with Crippen LogP contribution in [0.2, 0.25) is 0 Å². The first-order chi connectivity index (χ1) is 22.3. The van der Waals surface area contributed by atoms with Crippen molar-refractivity contribution in [1.29, 1.82) is 0 Å². The number of aromatic carboxylic acids is 1. The van der Waals surface area contributed by atoms with E-state index in [1.54, 1.807) is 30.4 Å². The molecule has 0 saturated carbocycles. The molecule has 1 spiro atoms. The summed E-state index contributed by atoms with van der Waals surface area (Å²) in [5.74, 6) is -1.39. The summed E-state index contributed by atoms with van der Waals surface area (Å²) in [6.07, 6.45) is -3.74. The van der Waals surface area contributed by atoms with Crippen molar-refractivity contribution >= 4 is 34.6 Å². The number of likely N-dealkylation sites (N-methyl/N-ethyl adjacent to an activating group) is 1. The quantitative estimate of drug-likeness (QED) is 0.208. The van der Waals surface area contributed by atoms with Crippen molar-refractivity contribution in [2.24, 2.45) is 4.99 Å². The van der Waals surface area contributed by atoms with Crippen molar-refractivity contribution < 1.29 is 46.3 Å². The third-order valence-electron chi connectivity index (χ3n) is 7.86. The number of aryl methyl sites for hydroxylation is 2. The first-order valence-electron chi connectivity index (χ1n) is 15.0. The fourth-order valence-corrected chi connectivity index (χ4v) is 6.52. The number of aliphatic imine (C=N–C) groups is 1. The van der Waals surface area contributed by atoms with Gasteiger partial charge in [-0.1, -0.05) is 6.07 Å². The lowest BCUT2D eigenvalue weighted by atomic mass is 9.89. The number of hydrogen-bond acceptors (Lipinski definition) is 8. The molecular weight excluding hydrogens is 643 g/mol. The van der Waals surface area contributed by atoms with Crippen molar-refractivity contribution in [3.63, 3.8) is 0 Å². The summed E-state index contributed by atoms with van der Waals surface area (Å²) < 4.78 is 67.0. The van der Waals surface area contributed by atoms with Gasteiger partial charge in [0, 0.05) is 31.0 Å². The van der Waals surface area contributed by atoms with Crippen LogP contribution in [0.15, 0.2) is 41.4 Å². The van der Waals surface area contributed by atoms with Gasteiger partial charge in [0.15, 0.2) is 0 Å². The Balaban J connectivity index is 1.35. The lowest BCUT2D eigenvalue weighted by Gasteiger charge is -2.34. The largest absolute Gasteiger partial charge is 0.491 e. The number of nitrogens with zero attached hydrogens (tertiary/aromatic N) is 2. The molecule has 0 aliphatic carbocycles. The fourth-order valence-electron chi connectivity index (χ4n) is 5.28. The molecule has 2 amide bonds. The van der Waals surface area contributed by atoms with E-state index in [2.05, 4.69) is 20.9 Å². The van der Waals surface area contributed by atoms with E-state index in [4.69, 9.17) is 14.6 Å². The maximum absolute atomic E-state index is 13.8. The zero-order chi connectivity index (χ0) is 34.2. The first-order valence-corrected chi connectivity index (χ1v) is 16.3. The van der Waals surface area contributed by atoms with Crippen LogP contribution in [0.3, 0.4) is 0 Å². The predicted molar refractivity (Wildman–Crippen MR) is 168 cm³/mol. The van der Waals surface area contributed by atoms with Gasteiger partial charge in [-0.05, 0) is 74.7 Å². The van der Waals surface area contributed by atoms with Crippen LogP contribution >= 0.6 is 0 Å². The van der Waals surface area contributed by atoms with Crippen LogP contribution in [0.5, 0.6) is 5.75 Å². The molecule has 47 heavy (non-hydrogen) atoms. The Morgan fingerprint density at radius 3 is 2.53 bits per heavy atom. The molecular formula is C31H38F3N5O7S. The van der Waals surface area contributed by atoms with Gasteiger partial charge in [0.25, 0.3) is 5.91 Å². The number of amides is 2. The maximum atomic E-state index is 13.8. The minimum Gasteiger partial charge on any atom is -0.491 e. The predicted octanol–water partition coefficient (Wildman–Crippen LogP) is 2.06. The number of hydrogen-bond donors (Lipinski definition) is 4. The molecule has 1 saturated heterocycles. The Morgan fingerprint density at radius 2 is 1.87 bits per heavy atom. The summed E-state index contributed by atoms with van der Waals surface area (Å²) in [6, 6.07) is 7.95. The highest BCUT2D eigenvalue weighted by atomic mass is 32.2. The van der Waals surface area contributed by atoms with Crippen molar-refractivity contribution in [2.45, 2.75) is 37.9 Å². The van der Waals surface area contributed by atoms with E-state index in [9.17, 15) is 31.8 Å². The van der Waals surface area contributed by atoms with Crippen LogP contribution in [0.1, 0.15) is 45.5 Å². The number of carboxylic acid groups (broad SMARTS) is 1. The number of carboxylic acids is 1. The van der Waals surface area contributed by atoms with E-state index in [1.165, 1.54) is 12.1 Å². The molecule has 4 rings (SSSR count). The van der Waals surface area contributed by atoms with Crippen LogP contribution < -0.4 is 20.7 Å². The molecule has 2 aromatic rings. The second kappa shape index (κ2) is 15.8. The standard InChI is InChI=1S/C31H38F3N5O7S/c1-20-15-22(28(41)42)4-3-21(20)5-14-47(44)39-9-6-30(7-10-39)29(43)37-27(38-30)23-16-24(31(32,33)34)18-25(17-23)46-13-12-45-11-8-36-26(40)19-35-2/h3-4,15-18,35H,5-14,19H2,1-2H3,(H,36,40)(H,41,42)(H,37,38,43). The van der Waals surface area contributed by atoms with E-state index < -0.39 is 40.1 Å². The smallest absolute Gasteiger partial charge is 0.416 e. The highest BCUT2D eigenvalue weighted by Crippen LogP contribution is 2.35. The minimum absolute atomic E-state index is 0.00867. The van der Waals surface area contributed by atoms with Crippen LogP contribution in [0, 0.1) is 6.92 Å². The topological polar surface area (TPSA) is 159 Å². The molecule has 256 valence electrons. The number of ether oxygens (including phenoxy) is 2. The lowest BCUT2D eigenvalue weighted by molar-refractivity contribution is -0.137. The Morgan fingerprint density at radius 1 is 1.13 bits per heavy atom. The van der Waals surface area contributed by atoms with Gasteiger partial charge < -0.3 is 30.5 Å². The first kappa shape index (κ1) is 36.0. The molecule has 0 bridgehead atoms. The fraction of sp³-hybridized carbons (Fsp3) is 0.484. The molecule has 2 heterocycles. The number of rotatable bonds is 15. The second-order valence-corrected chi connectivity index (χ2v) is 12.7. The van der Waals surface area contributed by atoms with Gasteiger partial charge in [-0.25, -0.2) is 13.3 Å². The molecule has 2 aliphatic heterocycles. The van der Waals surface area contributed by atoms with Gasteiger partial charge >= 0.3 is 12.1 Å². The van der Waals surface area contributed by atoms with Crippen LogP contribution in [0.4, 0.5) is 13.2 Å². The van der Waals surface area contributed by atoms with E-state index in [-0.39, 0.29) is 74.4 Å². The number of nitrogens with one attached hydrogen (secondary N) is 3. The van der Waals surface area contributed by atoms with Gasteiger partial charge in [-0.15, -0.1) is 0 Å². The average Bonchev–Trinajstić information content (AvgIpc) is 3.34. The van der Waals surface area contributed by atoms with Crippen molar-refractivity contribution in [1.82, 2.24) is 20.3 Å². The maximum Gasteiger partial charge on any atom is 0.416 e. The number of benzene rings is 2. The van der Waals surface area contributed by atoms with Crippen molar-refractivity contribution in [2.75, 3.05) is 58.8 Å². The highest BCUT2D eigenvalue weighted by Gasteiger charge is 2.47. The lowest BCUT2D eigenvalue weighted by Crippen LogP contribution is -2.49. The second-order valence-electron chi connectivity index (χ2n) is 11.2. The Labute approximate surface area is 272 Å². The molecule has 2 aromatic carbocycles. The third kappa shape index (κ3) is 9.59. The number of carbonyl (C=O) groups excluding carboxylic acids is 2. The van der Waals surface area contributed by atoms with Crippen LogP contribution in [-0.4, -0.2) is 102 Å². The zero-order valence-corrected chi connectivity index (χ0v) is 26.9. The van der Waals surface area contributed by atoms with E-state index in [0.717, 1.165) is 23.3 Å². The summed E-state index contributed by atoms with van der Waals surface area (Å²) in [5.41, 5.74) is -0.238. The summed E-state index contributed by atoms with van der Waals surface area (Å²) in [4.78, 5) is 40.3. The summed E-state index contributed by atoms with van der Waals surface area (Å²) in [5, 5.41) is 17.2. The molecule has 0 aromatic heterocycles. The third-order valence-corrected chi connectivity index (χ3v) is 9.36. The number of piperidine rings is 1. The Kier molecular flexibility index (Phi) is 12.1. The van der Waals surface area contributed by atoms with E-state index >= 15 is 0 Å². The van der Waals surface area contributed by atoms with E-state index in [1.807, 2.05) is 0 Å². The van der Waals surface area contributed by atoms with Crippen molar-refractivity contribution in [3.05, 3.63) is 64.2 Å². The summed E-state index contributed by atoms with van der Waals surface area (Å²) >= 11 is 0. The summed E-state index contributed by atoms with van der Waals surface area (Å²) in [7, 11) is 0.280. The number of amidine groups is 1. The van der Waals surface area contributed by atoms with Gasteiger partial charge in [-0.3, -0.25) is 14.6 Å². The van der Waals surface area contributed by atoms with E-state index in [0.29, 0.717) is 25.3 Å². The zero-order valence-electron chi connectivity index (χ0n) is 26.1. The Hall–Kier alpha value is -3.86. The number of carbonyl (C=O) groups is 3. The van der Waals surface area contributed by atoms with Gasteiger partial charge in [-0.2, -0.15) is 13.2 Å². The van der Waals surface area contributed by atoms with Gasteiger partial charge in [0.1, 0.15) is 23.7 Å². The molecule has 12 nitrogen and oxygen atoms in total. The van der Waals surface area contributed by atoms with Crippen LogP contribution in [0.25, 0.3) is 0 Å². The normalized spacial score (nSPS) is 16.9. The average molecular weight is 682 g/mol. The molecule has 1 fully saturated rings. The molecule has 16 heteroatoms. The molecule has 2 aliphatic rings. The summed E-state index contributed by atoms with van der Waals surface area (Å²) in [6.45, 7) is 3.06. The highest BCUT2D eigenvalue weighted by molar-refractivity contribution is 7.82. The molecule has 4 N–H and O–H groups in total. The van der Waals surface area contributed by atoms with Gasteiger partial charge in [0.05, 0.1) is 41.9 Å².